The molecule has 1 N–H and O–H groups in total. The minimum Gasteiger partial charge on any atom is -0.421 e. The first kappa shape index (κ1) is 17.3. The largest absolute Gasteiger partial charge is 0.421 e. The molecule has 0 spiro atoms. The summed E-state index contributed by atoms with van der Waals surface area (Å²) in [5.41, 5.74) is 0.150. The van der Waals surface area contributed by atoms with E-state index < -0.39 is 15.8 Å². The summed E-state index contributed by atoms with van der Waals surface area (Å²) in [4.78, 5) is 7.84. The van der Waals surface area contributed by atoms with E-state index in [1.54, 1.807) is 24.3 Å². The Labute approximate surface area is 151 Å². The fraction of sp³-hybridized carbons (Fsp3) is 0. The molecule has 1 aromatic heterocycles. The Kier molecular flexibility index (Phi) is 4.95. The third-order valence-corrected chi connectivity index (χ3v) is 5.44. The number of para-hydroxylation sites is 1. The van der Waals surface area contributed by atoms with Gasteiger partial charge in [0, 0.05) is 4.47 Å². The zero-order valence-corrected chi connectivity index (χ0v) is 15.0. The molecule has 2 aromatic carbocycles. The Morgan fingerprint density at radius 3 is 2.32 bits per heavy atom. The molecule has 0 aliphatic rings. The van der Waals surface area contributed by atoms with E-state index in [1.807, 2.05) is 0 Å². The molecule has 1 heterocycles. The number of halogens is 2. The topological polar surface area (TPSA) is 81.2 Å². The van der Waals surface area contributed by atoms with Gasteiger partial charge in [0.05, 0.1) is 18.1 Å². The average Bonchev–Trinajstić information content (AvgIpc) is 2.58. The summed E-state index contributed by atoms with van der Waals surface area (Å²) in [6.45, 7) is 0. The summed E-state index contributed by atoms with van der Waals surface area (Å²) in [5.74, 6) is -0.575. The Balaban J connectivity index is 1.77. The first-order chi connectivity index (χ1) is 12.0. The molecule has 0 aliphatic heterocycles. The predicted molar refractivity (Wildman–Crippen MR) is 93.5 cm³/mol. The molecule has 0 saturated carbocycles. The molecule has 0 fully saturated rings. The van der Waals surface area contributed by atoms with Gasteiger partial charge in [0.15, 0.2) is 11.6 Å². The van der Waals surface area contributed by atoms with Crippen molar-refractivity contribution in [2.45, 2.75) is 4.90 Å². The van der Waals surface area contributed by atoms with E-state index in [0.29, 0.717) is 4.47 Å². The lowest BCUT2D eigenvalue weighted by Gasteiger charge is -2.09. The normalized spacial score (nSPS) is 11.1. The molecule has 0 saturated heterocycles. The summed E-state index contributed by atoms with van der Waals surface area (Å²) in [6.07, 6.45) is 2.47. The second-order valence-corrected chi connectivity index (χ2v) is 7.33. The SMILES string of the molecule is O=S(=O)(Nc1cnc(Oc2ccccc2F)nc1)c1ccccc1Br. The van der Waals surface area contributed by atoms with Gasteiger partial charge in [-0.25, -0.2) is 22.8 Å². The number of hydrogen-bond donors (Lipinski definition) is 1. The van der Waals surface area contributed by atoms with Crippen molar-refractivity contribution in [3.8, 4) is 11.8 Å². The number of nitrogens with one attached hydrogen (secondary N) is 1. The van der Waals surface area contributed by atoms with Crippen molar-refractivity contribution in [1.29, 1.82) is 0 Å². The molecule has 25 heavy (non-hydrogen) atoms. The average molecular weight is 424 g/mol. The molecule has 0 bridgehead atoms. The van der Waals surface area contributed by atoms with Crippen LogP contribution < -0.4 is 9.46 Å². The first-order valence-corrected chi connectivity index (χ1v) is 9.25. The number of sulfonamides is 1. The maximum absolute atomic E-state index is 13.5. The van der Waals surface area contributed by atoms with Gasteiger partial charge in [0.25, 0.3) is 10.0 Å². The van der Waals surface area contributed by atoms with Crippen molar-refractivity contribution in [2.75, 3.05) is 4.72 Å². The molecule has 0 amide bonds. The monoisotopic (exact) mass is 423 g/mol. The molecular weight excluding hydrogens is 413 g/mol. The Hall–Kier alpha value is -2.52. The summed E-state index contributed by atoms with van der Waals surface area (Å²) in [5, 5.41) is 0. The quantitative estimate of drug-likeness (QED) is 0.671. The fourth-order valence-corrected chi connectivity index (χ4v) is 3.95. The molecule has 0 unspecified atom stereocenters. The first-order valence-electron chi connectivity index (χ1n) is 6.97. The van der Waals surface area contributed by atoms with E-state index in [9.17, 15) is 12.8 Å². The van der Waals surface area contributed by atoms with Crippen molar-refractivity contribution in [3.63, 3.8) is 0 Å². The van der Waals surface area contributed by atoms with Crippen molar-refractivity contribution in [1.82, 2.24) is 9.97 Å². The smallest absolute Gasteiger partial charge is 0.322 e. The van der Waals surface area contributed by atoms with Gasteiger partial charge in [-0.2, -0.15) is 0 Å². The number of hydrogen-bond acceptors (Lipinski definition) is 5. The molecule has 6 nitrogen and oxygen atoms in total. The number of rotatable bonds is 5. The van der Waals surface area contributed by atoms with E-state index in [2.05, 4.69) is 30.6 Å². The van der Waals surface area contributed by atoms with E-state index in [4.69, 9.17) is 4.74 Å². The van der Waals surface area contributed by atoms with Crippen LogP contribution in [0.2, 0.25) is 0 Å². The molecule has 9 heteroatoms. The van der Waals surface area contributed by atoms with Crippen molar-refractivity contribution >= 4 is 31.6 Å². The Morgan fingerprint density at radius 2 is 1.64 bits per heavy atom. The zero-order valence-electron chi connectivity index (χ0n) is 12.6. The van der Waals surface area contributed by atoms with Gasteiger partial charge in [-0.3, -0.25) is 4.72 Å². The van der Waals surface area contributed by atoms with Crippen LogP contribution in [0.3, 0.4) is 0 Å². The lowest BCUT2D eigenvalue weighted by atomic mass is 10.3. The lowest BCUT2D eigenvalue weighted by Crippen LogP contribution is -2.14. The highest BCUT2D eigenvalue weighted by Crippen LogP contribution is 2.24. The second-order valence-electron chi connectivity index (χ2n) is 4.82. The van der Waals surface area contributed by atoms with Crippen molar-refractivity contribution in [3.05, 3.63) is 71.2 Å². The van der Waals surface area contributed by atoms with Crippen LogP contribution in [-0.4, -0.2) is 18.4 Å². The molecular formula is C16H11BrFN3O3S. The molecule has 0 aliphatic carbocycles. The molecule has 0 radical (unpaired) electrons. The third kappa shape index (κ3) is 4.12. The standard InChI is InChI=1S/C16H11BrFN3O3S/c17-12-5-1-4-8-15(12)25(22,23)21-11-9-19-16(20-10-11)24-14-7-3-2-6-13(14)18/h1-10,21H. The Bertz CT molecular complexity index is 998. The van der Waals surface area contributed by atoms with Crippen LogP contribution in [0.25, 0.3) is 0 Å². The van der Waals surface area contributed by atoms with Gasteiger partial charge in [-0.05, 0) is 40.2 Å². The highest BCUT2D eigenvalue weighted by molar-refractivity contribution is 9.10. The van der Waals surface area contributed by atoms with Gasteiger partial charge >= 0.3 is 6.01 Å². The minimum absolute atomic E-state index is 0.0240. The number of nitrogens with zero attached hydrogens (tertiary/aromatic N) is 2. The number of anilines is 1. The van der Waals surface area contributed by atoms with Crippen LogP contribution in [0.4, 0.5) is 10.1 Å². The van der Waals surface area contributed by atoms with Crippen LogP contribution in [0.5, 0.6) is 11.8 Å². The van der Waals surface area contributed by atoms with Crippen molar-refractivity contribution in [2.24, 2.45) is 0 Å². The van der Waals surface area contributed by atoms with Crippen LogP contribution >= 0.6 is 15.9 Å². The number of aromatic nitrogens is 2. The lowest BCUT2D eigenvalue weighted by molar-refractivity contribution is 0.411. The van der Waals surface area contributed by atoms with Gasteiger partial charge in [0.2, 0.25) is 0 Å². The van der Waals surface area contributed by atoms with Crippen LogP contribution in [0.1, 0.15) is 0 Å². The van der Waals surface area contributed by atoms with Gasteiger partial charge in [0.1, 0.15) is 4.90 Å². The maximum atomic E-state index is 13.5. The van der Waals surface area contributed by atoms with Crippen LogP contribution in [0.15, 0.2) is 70.3 Å². The summed E-state index contributed by atoms with van der Waals surface area (Å²) in [7, 11) is -3.80. The summed E-state index contributed by atoms with van der Waals surface area (Å²) < 4.78 is 46.3. The van der Waals surface area contributed by atoms with E-state index in [-0.39, 0.29) is 22.3 Å². The highest BCUT2D eigenvalue weighted by Gasteiger charge is 2.17. The maximum Gasteiger partial charge on any atom is 0.322 e. The van der Waals surface area contributed by atoms with E-state index in [1.165, 1.54) is 36.7 Å². The molecule has 128 valence electrons. The third-order valence-electron chi connectivity index (χ3n) is 3.04. The molecule has 3 aromatic rings. The summed E-state index contributed by atoms with van der Waals surface area (Å²) >= 11 is 3.19. The number of benzene rings is 2. The Morgan fingerprint density at radius 1 is 1.00 bits per heavy atom. The van der Waals surface area contributed by atoms with Gasteiger partial charge in [-0.15, -0.1) is 0 Å². The fourth-order valence-electron chi connectivity index (χ4n) is 1.92. The predicted octanol–water partition coefficient (Wildman–Crippen LogP) is 3.97. The van der Waals surface area contributed by atoms with Gasteiger partial charge < -0.3 is 4.74 Å². The number of ether oxygens (including phenoxy) is 1. The van der Waals surface area contributed by atoms with E-state index >= 15 is 0 Å². The molecule has 3 rings (SSSR count). The summed E-state index contributed by atoms with van der Waals surface area (Å²) in [6, 6.07) is 12.1. The van der Waals surface area contributed by atoms with Crippen molar-refractivity contribution < 1.29 is 17.5 Å². The van der Waals surface area contributed by atoms with Gasteiger partial charge in [-0.1, -0.05) is 24.3 Å². The second kappa shape index (κ2) is 7.16. The highest BCUT2D eigenvalue weighted by atomic mass is 79.9. The molecule has 0 atom stereocenters. The zero-order chi connectivity index (χ0) is 17.9. The minimum atomic E-state index is -3.80. The van der Waals surface area contributed by atoms with E-state index in [0.717, 1.165) is 0 Å². The van der Waals surface area contributed by atoms with Crippen LogP contribution in [-0.2, 0) is 10.0 Å². The van der Waals surface area contributed by atoms with Crippen LogP contribution in [0, 0.1) is 5.82 Å².